The van der Waals surface area contributed by atoms with E-state index in [1.165, 1.54) is 6.26 Å². The van der Waals surface area contributed by atoms with Crippen molar-refractivity contribution < 1.29 is 13.9 Å². The van der Waals surface area contributed by atoms with Gasteiger partial charge >= 0.3 is 0 Å². The predicted octanol–water partition coefficient (Wildman–Crippen LogP) is 1.57. The third-order valence-electron chi connectivity index (χ3n) is 1.94. The van der Waals surface area contributed by atoms with Crippen LogP contribution in [0.1, 0.15) is 16.1 Å². The molecule has 1 atom stereocenters. The summed E-state index contributed by atoms with van der Waals surface area (Å²) in [4.78, 5) is 11.6. The quantitative estimate of drug-likeness (QED) is 0.783. The number of aryl methyl sites for hydroxylation is 1. The number of nitrogens with one attached hydrogen (secondary N) is 1. The Kier molecular flexibility index (Phi) is 4.65. The Morgan fingerprint density at radius 1 is 1.73 bits per heavy atom. The van der Waals surface area contributed by atoms with Crippen molar-refractivity contribution in [2.75, 3.05) is 20.3 Å². The van der Waals surface area contributed by atoms with Gasteiger partial charge in [-0.05, 0) is 13.0 Å². The fourth-order valence-electron chi connectivity index (χ4n) is 1.16. The Balaban J connectivity index is 2.40. The molecule has 1 aromatic rings. The standard InChI is InChI=1S/C10H14ClNO3/c1-7-9(3-4-15-7)10(13)12-5-8(11)6-14-2/h3-4,8H,5-6H2,1-2H3,(H,12,13). The molecular formula is C10H14ClNO3. The molecule has 0 radical (unpaired) electrons. The second-order valence-electron chi connectivity index (χ2n) is 3.15. The van der Waals surface area contributed by atoms with Crippen molar-refractivity contribution in [1.29, 1.82) is 0 Å². The van der Waals surface area contributed by atoms with Crippen molar-refractivity contribution >= 4 is 17.5 Å². The molecule has 1 unspecified atom stereocenters. The fraction of sp³-hybridized carbons (Fsp3) is 0.500. The molecule has 0 aliphatic heterocycles. The molecular weight excluding hydrogens is 218 g/mol. The first-order valence-electron chi connectivity index (χ1n) is 4.60. The van der Waals surface area contributed by atoms with Gasteiger partial charge in [0.1, 0.15) is 5.76 Å². The first-order valence-corrected chi connectivity index (χ1v) is 5.04. The lowest BCUT2D eigenvalue weighted by molar-refractivity contribution is 0.0948. The number of ether oxygens (including phenoxy) is 1. The summed E-state index contributed by atoms with van der Waals surface area (Å²) in [6, 6.07) is 1.63. The maximum Gasteiger partial charge on any atom is 0.254 e. The molecule has 1 heterocycles. The molecule has 1 aromatic heterocycles. The number of halogens is 1. The van der Waals surface area contributed by atoms with Crippen molar-refractivity contribution in [2.45, 2.75) is 12.3 Å². The van der Waals surface area contributed by atoms with E-state index in [9.17, 15) is 4.79 Å². The Hall–Kier alpha value is -1.00. The van der Waals surface area contributed by atoms with Gasteiger partial charge in [0, 0.05) is 13.7 Å². The topological polar surface area (TPSA) is 51.5 Å². The number of carbonyl (C=O) groups excluding carboxylic acids is 1. The van der Waals surface area contributed by atoms with Crippen LogP contribution in [0.15, 0.2) is 16.7 Å². The molecule has 84 valence electrons. The summed E-state index contributed by atoms with van der Waals surface area (Å²) in [5.74, 6) is 0.424. The van der Waals surface area contributed by atoms with Crippen LogP contribution in [0.25, 0.3) is 0 Å². The van der Waals surface area contributed by atoms with Crippen LogP contribution in [-0.2, 0) is 4.74 Å². The van der Waals surface area contributed by atoms with Gasteiger partial charge in [-0.3, -0.25) is 4.79 Å². The monoisotopic (exact) mass is 231 g/mol. The number of carbonyl (C=O) groups is 1. The summed E-state index contributed by atoms with van der Waals surface area (Å²) in [5, 5.41) is 2.48. The molecule has 0 spiro atoms. The number of hydrogen-bond acceptors (Lipinski definition) is 3. The van der Waals surface area contributed by atoms with E-state index in [2.05, 4.69) is 5.32 Å². The van der Waals surface area contributed by atoms with Crippen LogP contribution >= 0.6 is 11.6 Å². The molecule has 0 aliphatic rings. The molecule has 1 N–H and O–H groups in total. The van der Waals surface area contributed by atoms with Gasteiger partial charge in [-0.15, -0.1) is 11.6 Å². The number of hydrogen-bond donors (Lipinski definition) is 1. The van der Waals surface area contributed by atoms with E-state index >= 15 is 0 Å². The van der Waals surface area contributed by atoms with Crippen LogP contribution in [0.4, 0.5) is 0 Å². The Labute approximate surface area is 93.5 Å². The number of rotatable bonds is 5. The number of methoxy groups -OCH3 is 1. The number of furan rings is 1. The molecule has 0 saturated carbocycles. The minimum atomic E-state index is -0.217. The van der Waals surface area contributed by atoms with Gasteiger partial charge in [0.2, 0.25) is 0 Å². The number of amides is 1. The summed E-state index contributed by atoms with van der Waals surface area (Å²) in [7, 11) is 1.57. The molecule has 0 saturated heterocycles. The van der Waals surface area contributed by atoms with Crippen LogP contribution < -0.4 is 5.32 Å². The van der Waals surface area contributed by atoms with Gasteiger partial charge in [-0.2, -0.15) is 0 Å². The van der Waals surface area contributed by atoms with Crippen molar-refractivity contribution in [1.82, 2.24) is 5.32 Å². The maximum absolute atomic E-state index is 11.6. The molecule has 15 heavy (non-hydrogen) atoms. The van der Waals surface area contributed by atoms with E-state index < -0.39 is 0 Å². The van der Waals surface area contributed by atoms with Crippen LogP contribution in [-0.4, -0.2) is 31.5 Å². The minimum absolute atomic E-state index is 0.178. The Morgan fingerprint density at radius 2 is 2.47 bits per heavy atom. The summed E-state index contributed by atoms with van der Waals surface area (Å²) in [6.07, 6.45) is 1.48. The zero-order valence-corrected chi connectivity index (χ0v) is 9.50. The normalized spacial score (nSPS) is 12.5. The highest BCUT2D eigenvalue weighted by atomic mass is 35.5. The highest BCUT2D eigenvalue weighted by Crippen LogP contribution is 2.08. The third kappa shape index (κ3) is 3.57. The molecule has 4 nitrogen and oxygen atoms in total. The molecule has 0 aliphatic carbocycles. The van der Waals surface area contributed by atoms with E-state index in [0.717, 1.165) is 0 Å². The van der Waals surface area contributed by atoms with Crippen molar-refractivity contribution in [3.8, 4) is 0 Å². The first kappa shape index (κ1) is 12.1. The van der Waals surface area contributed by atoms with Crippen LogP contribution in [0.3, 0.4) is 0 Å². The van der Waals surface area contributed by atoms with Crippen LogP contribution in [0.2, 0.25) is 0 Å². The second kappa shape index (κ2) is 5.78. The molecule has 5 heteroatoms. The molecule has 0 bridgehead atoms. The van der Waals surface area contributed by atoms with E-state index in [1.807, 2.05) is 0 Å². The average Bonchev–Trinajstić information content (AvgIpc) is 2.61. The maximum atomic E-state index is 11.6. The zero-order chi connectivity index (χ0) is 11.3. The molecule has 0 aromatic carbocycles. The van der Waals surface area contributed by atoms with E-state index in [-0.39, 0.29) is 11.3 Å². The fourth-order valence-corrected chi connectivity index (χ4v) is 1.36. The van der Waals surface area contributed by atoms with Crippen LogP contribution in [0.5, 0.6) is 0 Å². The SMILES string of the molecule is COCC(Cl)CNC(=O)c1ccoc1C. The first-order chi connectivity index (χ1) is 7.15. The molecule has 1 rings (SSSR count). The van der Waals surface area contributed by atoms with E-state index in [1.54, 1.807) is 20.1 Å². The third-order valence-corrected chi connectivity index (χ3v) is 2.22. The highest BCUT2D eigenvalue weighted by Gasteiger charge is 2.12. The average molecular weight is 232 g/mol. The van der Waals surface area contributed by atoms with Crippen molar-refractivity contribution in [3.63, 3.8) is 0 Å². The second-order valence-corrected chi connectivity index (χ2v) is 3.77. The minimum Gasteiger partial charge on any atom is -0.469 e. The summed E-state index contributed by atoms with van der Waals surface area (Å²) < 4.78 is 9.87. The zero-order valence-electron chi connectivity index (χ0n) is 8.75. The van der Waals surface area contributed by atoms with Gasteiger partial charge in [0.05, 0.1) is 23.8 Å². The number of alkyl halides is 1. The Morgan fingerprint density at radius 3 is 3.00 bits per heavy atom. The van der Waals surface area contributed by atoms with Crippen LogP contribution in [0, 0.1) is 6.92 Å². The molecule has 1 amide bonds. The van der Waals surface area contributed by atoms with Gasteiger partial charge in [0.25, 0.3) is 5.91 Å². The van der Waals surface area contributed by atoms with E-state index in [0.29, 0.717) is 24.5 Å². The lowest BCUT2D eigenvalue weighted by atomic mass is 10.2. The van der Waals surface area contributed by atoms with Gasteiger partial charge in [-0.1, -0.05) is 0 Å². The lowest BCUT2D eigenvalue weighted by Crippen LogP contribution is -2.31. The van der Waals surface area contributed by atoms with Gasteiger partial charge < -0.3 is 14.5 Å². The van der Waals surface area contributed by atoms with Gasteiger partial charge in [-0.25, -0.2) is 0 Å². The predicted molar refractivity (Wildman–Crippen MR) is 57.3 cm³/mol. The Bertz CT molecular complexity index is 324. The van der Waals surface area contributed by atoms with E-state index in [4.69, 9.17) is 20.8 Å². The van der Waals surface area contributed by atoms with Crippen molar-refractivity contribution in [2.24, 2.45) is 0 Å². The summed E-state index contributed by atoms with van der Waals surface area (Å²) >= 11 is 5.86. The van der Waals surface area contributed by atoms with Crippen molar-refractivity contribution in [3.05, 3.63) is 23.7 Å². The highest BCUT2D eigenvalue weighted by molar-refractivity contribution is 6.21. The summed E-state index contributed by atoms with van der Waals surface area (Å²) in [6.45, 7) is 2.52. The lowest BCUT2D eigenvalue weighted by Gasteiger charge is -2.09. The largest absolute Gasteiger partial charge is 0.469 e. The summed E-state index contributed by atoms with van der Waals surface area (Å²) in [5.41, 5.74) is 0.538. The molecule has 0 fully saturated rings. The van der Waals surface area contributed by atoms with Gasteiger partial charge in [0.15, 0.2) is 0 Å². The smallest absolute Gasteiger partial charge is 0.254 e.